The molecule has 110 valence electrons. The molecular weight excluding hydrogens is 268 g/mol. The smallest absolute Gasteiger partial charge is 0.333 e. The van der Waals surface area contributed by atoms with Gasteiger partial charge in [-0.1, -0.05) is 24.6 Å². The van der Waals surface area contributed by atoms with Crippen LogP contribution in [0.15, 0.2) is 46.1 Å². The van der Waals surface area contributed by atoms with Crippen LogP contribution < -0.4 is 16.0 Å². The molecular formula is C16H18N2O3. The van der Waals surface area contributed by atoms with Gasteiger partial charge in [0.1, 0.15) is 0 Å². The van der Waals surface area contributed by atoms with E-state index in [1.165, 1.54) is 12.6 Å². The van der Waals surface area contributed by atoms with Crippen molar-refractivity contribution >= 4 is 0 Å². The Morgan fingerprint density at radius 2 is 1.76 bits per heavy atom. The number of hydrogen-bond donors (Lipinski definition) is 1. The van der Waals surface area contributed by atoms with Crippen molar-refractivity contribution in [2.75, 3.05) is 0 Å². The van der Waals surface area contributed by atoms with Gasteiger partial charge in [-0.3, -0.25) is 4.79 Å². The second kappa shape index (κ2) is 5.99. The zero-order valence-electron chi connectivity index (χ0n) is 11.7. The summed E-state index contributed by atoms with van der Waals surface area (Å²) in [4.78, 5) is 27.0. The van der Waals surface area contributed by atoms with Crippen molar-refractivity contribution in [3.05, 3.63) is 57.4 Å². The maximum absolute atomic E-state index is 12.5. The van der Waals surface area contributed by atoms with Gasteiger partial charge in [0.05, 0.1) is 18.0 Å². The van der Waals surface area contributed by atoms with Crippen molar-refractivity contribution in [1.29, 1.82) is 0 Å². The maximum atomic E-state index is 12.5. The third-order valence-corrected chi connectivity index (χ3v) is 3.80. The highest BCUT2D eigenvalue weighted by atomic mass is 16.5. The molecule has 0 atom stereocenters. The fourth-order valence-corrected chi connectivity index (χ4v) is 2.71. The molecule has 1 N–H and O–H groups in total. The number of para-hydroxylation sites is 1. The molecule has 0 saturated heterocycles. The monoisotopic (exact) mass is 286 g/mol. The summed E-state index contributed by atoms with van der Waals surface area (Å²) in [5, 5.41) is 0. The molecule has 0 amide bonds. The van der Waals surface area contributed by atoms with E-state index >= 15 is 0 Å². The minimum atomic E-state index is -0.456. The van der Waals surface area contributed by atoms with Gasteiger partial charge in [-0.15, -0.1) is 0 Å². The van der Waals surface area contributed by atoms with E-state index < -0.39 is 11.2 Å². The minimum absolute atomic E-state index is 0.0709. The lowest BCUT2D eigenvalue weighted by Gasteiger charge is -2.22. The Labute approximate surface area is 122 Å². The number of nitrogens with one attached hydrogen (secondary N) is 1. The van der Waals surface area contributed by atoms with Crippen LogP contribution in [0.2, 0.25) is 0 Å². The standard InChI is InChI=1S/C16H18N2O3/c19-15-14(21-13-9-5-2-6-10-13)11-17-16(20)18(15)12-7-3-1-4-8-12/h1,3-4,7-8,11,13H,2,5-6,9-10H2,(H,17,20). The predicted molar refractivity (Wildman–Crippen MR) is 80.2 cm³/mol. The highest BCUT2D eigenvalue weighted by Crippen LogP contribution is 2.21. The zero-order chi connectivity index (χ0) is 14.7. The van der Waals surface area contributed by atoms with Crippen LogP contribution in [0, 0.1) is 0 Å². The van der Waals surface area contributed by atoms with E-state index in [0.717, 1.165) is 30.3 Å². The van der Waals surface area contributed by atoms with Gasteiger partial charge in [0.25, 0.3) is 0 Å². The number of aromatic nitrogens is 2. The average molecular weight is 286 g/mol. The molecule has 1 saturated carbocycles. The van der Waals surface area contributed by atoms with E-state index in [1.54, 1.807) is 24.3 Å². The summed E-state index contributed by atoms with van der Waals surface area (Å²) in [6.45, 7) is 0. The fourth-order valence-electron chi connectivity index (χ4n) is 2.71. The summed E-state index contributed by atoms with van der Waals surface area (Å²) in [6.07, 6.45) is 6.84. The van der Waals surface area contributed by atoms with Crippen LogP contribution in [0.5, 0.6) is 5.75 Å². The van der Waals surface area contributed by atoms with Crippen LogP contribution in [-0.4, -0.2) is 15.7 Å². The number of rotatable bonds is 3. The lowest BCUT2D eigenvalue weighted by molar-refractivity contribution is 0.151. The highest BCUT2D eigenvalue weighted by Gasteiger charge is 2.18. The van der Waals surface area contributed by atoms with Crippen LogP contribution in [0.3, 0.4) is 0 Å². The second-order valence-electron chi connectivity index (χ2n) is 5.31. The third kappa shape index (κ3) is 2.91. The molecule has 3 rings (SSSR count). The van der Waals surface area contributed by atoms with Gasteiger partial charge in [-0.25, -0.2) is 9.36 Å². The molecule has 1 aliphatic rings. The van der Waals surface area contributed by atoms with Crippen molar-refractivity contribution in [2.45, 2.75) is 38.2 Å². The SMILES string of the molecule is O=c1[nH]cc(OC2CCCCC2)c(=O)n1-c1ccccc1. The average Bonchev–Trinajstić information content (AvgIpc) is 2.52. The van der Waals surface area contributed by atoms with E-state index in [9.17, 15) is 9.59 Å². The van der Waals surface area contributed by atoms with Crippen LogP contribution in [-0.2, 0) is 0 Å². The fraction of sp³-hybridized carbons (Fsp3) is 0.375. The molecule has 21 heavy (non-hydrogen) atoms. The lowest BCUT2D eigenvalue weighted by Crippen LogP contribution is -2.35. The second-order valence-corrected chi connectivity index (χ2v) is 5.31. The van der Waals surface area contributed by atoms with Gasteiger partial charge < -0.3 is 9.72 Å². The normalized spacial score (nSPS) is 15.8. The van der Waals surface area contributed by atoms with Gasteiger partial charge in [0.15, 0.2) is 0 Å². The zero-order valence-corrected chi connectivity index (χ0v) is 11.7. The largest absolute Gasteiger partial charge is 0.483 e. The van der Waals surface area contributed by atoms with E-state index in [2.05, 4.69) is 4.98 Å². The number of H-pyrrole nitrogens is 1. The Kier molecular flexibility index (Phi) is 3.90. The van der Waals surface area contributed by atoms with Gasteiger partial charge >= 0.3 is 11.2 Å². The van der Waals surface area contributed by atoms with E-state index in [0.29, 0.717) is 5.69 Å². The topological polar surface area (TPSA) is 64.1 Å². The summed E-state index contributed by atoms with van der Waals surface area (Å²) < 4.78 is 6.91. The lowest BCUT2D eigenvalue weighted by atomic mass is 9.98. The Bertz CT molecular complexity index is 712. The molecule has 1 fully saturated rings. The van der Waals surface area contributed by atoms with Crippen LogP contribution in [0.4, 0.5) is 0 Å². The van der Waals surface area contributed by atoms with Crippen molar-refractivity contribution in [3.63, 3.8) is 0 Å². The van der Waals surface area contributed by atoms with Gasteiger partial charge in [-0.2, -0.15) is 0 Å². The summed E-state index contributed by atoms with van der Waals surface area (Å²) in [6, 6.07) is 8.86. The molecule has 0 radical (unpaired) electrons. The molecule has 5 heteroatoms. The molecule has 5 nitrogen and oxygen atoms in total. The first-order valence-corrected chi connectivity index (χ1v) is 7.32. The Morgan fingerprint density at radius 3 is 2.48 bits per heavy atom. The number of ether oxygens (including phenoxy) is 1. The molecule has 0 spiro atoms. The summed E-state index contributed by atoms with van der Waals surface area (Å²) in [5.74, 6) is 0.213. The summed E-state index contributed by atoms with van der Waals surface area (Å²) in [5.41, 5.74) is -0.324. The Morgan fingerprint density at radius 1 is 1.05 bits per heavy atom. The predicted octanol–water partition coefficient (Wildman–Crippen LogP) is 2.24. The number of aromatic amines is 1. The van der Waals surface area contributed by atoms with E-state index in [-0.39, 0.29) is 11.9 Å². The van der Waals surface area contributed by atoms with Gasteiger partial charge in [-0.05, 0) is 37.8 Å². The summed E-state index contributed by atoms with van der Waals surface area (Å²) in [7, 11) is 0. The molecule has 2 aromatic rings. The molecule has 1 aromatic carbocycles. The van der Waals surface area contributed by atoms with Crippen molar-refractivity contribution < 1.29 is 4.74 Å². The summed E-state index contributed by atoms with van der Waals surface area (Å²) >= 11 is 0. The molecule has 0 aliphatic heterocycles. The van der Waals surface area contributed by atoms with Crippen molar-refractivity contribution in [3.8, 4) is 11.4 Å². The number of benzene rings is 1. The van der Waals surface area contributed by atoms with E-state index in [4.69, 9.17) is 4.74 Å². The Balaban J connectivity index is 1.96. The van der Waals surface area contributed by atoms with Gasteiger partial charge in [0.2, 0.25) is 5.75 Å². The maximum Gasteiger partial charge on any atom is 0.333 e. The first-order chi connectivity index (χ1) is 10.3. The molecule has 0 unspecified atom stereocenters. The first-order valence-electron chi connectivity index (χ1n) is 7.32. The molecule has 1 heterocycles. The highest BCUT2D eigenvalue weighted by molar-refractivity contribution is 5.32. The number of hydrogen-bond acceptors (Lipinski definition) is 3. The van der Waals surface area contributed by atoms with Gasteiger partial charge in [0, 0.05) is 0 Å². The van der Waals surface area contributed by atoms with Crippen LogP contribution in [0.1, 0.15) is 32.1 Å². The molecule has 1 aromatic heterocycles. The van der Waals surface area contributed by atoms with Crippen molar-refractivity contribution in [2.24, 2.45) is 0 Å². The third-order valence-electron chi connectivity index (χ3n) is 3.80. The number of nitrogens with zero attached hydrogens (tertiary/aromatic N) is 1. The van der Waals surface area contributed by atoms with Crippen molar-refractivity contribution in [1.82, 2.24) is 9.55 Å². The minimum Gasteiger partial charge on any atom is -0.483 e. The molecule has 0 bridgehead atoms. The first kappa shape index (κ1) is 13.7. The van der Waals surface area contributed by atoms with Crippen LogP contribution >= 0.6 is 0 Å². The molecule has 1 aliphatic carbocycles. The van der Waals surface area contributed by atoms with Crippen LogP contribution in [0.25, 0.3) is 5.69 Å². The van der Waals surface area contributed by atoms with E-state index in [1.807, 2.05) is 6.07 Å². The quantitative estimate of drug-likeness (QED) is 0.941. The Hall–Kier alpha value is -2.30.